The first-order valence-corrected chi connectivity index (χ1v) is 8.04. The molecule has 0 unspecified atom stereocenters. The number of hydrogen-bond donors (Lipinski definition) is 2. The van der Waals surface area contributed by atoms with Crippen LogP contribution in [0.2, 0.25) is 0 Å². The number of nitrogen functional groups attached to an aromatic ring is 1. The van der Waals surface area contributed by atoms with Crippen molar-refractivity contribution in [1.82, 2.24) is 9.71 Å². The molecule has 0 aliphatic heterocycles. The van der Waals surface area contributed by atoms with Crippen LogP contribution in [0.1, 0.15) is 5.01 Å². The number of nitrogens with two attached hydrogens (primary N) is 1. The van der Waals surface area contributed by atoms with Gasteiger partial charge in [0, 0.05) is 35.6 Å². The Morgan fingerprint density at radius 1 is 1.41 bits per heavy atom. The molecule has 0 saturated heterocycles. The third kappa shape index (κ3) is 3.25. The lowest BCUT2D eigenvalue weighted by molar-refractivity contribution is 0.583. The third-order valence-electron chi connectivity index (χ3n) is 1.97. The maximum absolute atomic E-state index is 11.8. The van der Waals surface area contributed by atoms with E-state index >= 15 is 0 Å². The van der Waals surface area contributed by atoms with Crippen LogP contribution in [-0.4, -0.2) is 19.9 Å². The van der Waals surface area contributed by atoms with E-state index in [0.717, 1.165) is 16.3 Å². The van der Waals surface area contributed by atoms with E-state index in [1.165, 1.54) is 17.4 Å². The molecule has 0 spiro atoms. The normalized spacial score (nSPS) is 11.8. The van der Waals surface area contributed by atoms with E-state index in [-0.39, 0.29) is 4.21 Å². The van der Waals surface area contributed by atoms with E-state index in [2.05, 4.69) is 9.71 Å². The maximum atomic E-state index is 11.8. The molecule has 0 fully saturated rings. The second-order valence-corrected chi connectivity index (χ2v) is 7.16. The van der Waals surface area contributed by atoms with Gasteiger partial charge in [0.15, 0.2) is 0 Å². The smallest absolute Gasteiger partial charge is 0.250 e. The van der Waals surface area contributed by atoms with E-state index in [1.54, 1.807) is 11.6 Å². The molecule has 2 aromatic heterocycles. The van der Waals surface area contributed by atoms with E-state index in [4.69, 9.17) is 5.73 Å². The van der Waals surface area contributed by atoms with Crippen molar-refractivity contribution in [2.45, 2.75) is 10.6 Å². The maximum Gasteiger partial charge on any atom is 0.250 e. The van der Waals surface area contributed by atoms with Crippen LogP contribution in [0.25, 0.3) is 0 Å². The van der Waals surface area contributed by atoms with E-state index in [0.29, 0.717) is 18.7 Å². The number of sulfonamides is 1. The molecular formula is C9H11N3O2S3. The van der Waals surface area contributed by atoms with Gasteiger partial charge in [0.05, 0.1) is 5.01 Å². The molecule has 0 aliphatic carbocycles. The van der Waals surface area contributed by atoms with Gasteiger partial charge in [0.2, 0.25) is 10.0 Å². The quantitative estimate of drug-likeness (QED) is 0.869. The van der Waals surface area contributed by atoms with Crippen molar-refractivity contribution < 1.29 is 8.42 Å². The zero-order valence-electron chi connectivity index (χ0n) is 8.79. The number of aromatic nitrogens is 1. The van der Waals surface area contributed by atoms with Gasteiger partial charge < -0.3 is 5.73 Å². The second-order valence-electron chi connectivity index (χ2n) is 3.27. The van der Waals surface area contributed by atoms with E-state index in [1.807, 2.05) is 5.38 Å². The highest BCUT2D eigenvalue weighted by atomic mass is 32.2. The average Bonchev–Trinajstić information content (AvgIpc) is 2.89. The van der Waals surface area contributed by atoms with Crippen molar-refractivity contribution in [3.05, 3.63) is 28.0 Å². The molecule has 92 valence electrons. The molecule has 2 rings (SSSR count). The lowest BCUT2D eigenvalue weighted by Crippen LogP contribution is -2.25. The van der Waals surface area contributed by atoms with Gasteiger partial charge in [-0.25, -0.2) is 18.1 Å². The van der Waals surface area contributed by atoms with Crippen molar-refractivity contribution >= 4 is 38.4 Å². The highest BCUT2D eigenvalue weighted by Gasteiger charge is 2.15. The summed E-state index contributed by atoms with van der Waals surface area (Å²) in [6, 6.07) is 1.45. The van der Waals surface area contributed by atoms with Gasteiger partial charge in [-0.2, -0.15) is 0 Å². The minimum atomic E-state index is -3.43. The molecule has 0 aliphatic rings. The summed E-state index contributed by atoms with van der Waals surface area (Å²) in [7, 11) is -3.43. The van der Waals surface area contributed by atoms with Crippen molar-refractivity contribution in [1.29, 1.82) is 0 Å². The Bertz CT molecular complexity index is 574. The van der Waals surface area contributed by atoms with Crippen LogP contribution in [0.5, 0.6) is 0 Å². The summed E-state index contributed by atoms with van der Waals surface area (Å²) in [6.07, 6.45) is 2.30. The minimum absolute atomic E-state index is 0.245. The zero-order valence-corrected chi connectivity index (χ0v) is 11.2. The highest BCUT2D eigenvalue weighted by Crippen LogP contribution is 2.21. The number of nitrogens with zero attached hydrogens (tertiary/aromatic N) is 1. The molecule has 0 bridgehead atoms. The molecule has 2 aromatic rings. The van der Waals surface area contributed by atoms with Crippen molar-refractivity contribution in [3.8, 4) is 0 Å². The Morgan fingerprint density at radius 2 is 2.24 bits per heavy atom. The average molecular weight is 289 g/mol. The zero-order chi connectivity index (χ0) is 12.3. The SMILES string of the molecule is Nc1csc(S(=O)(=O)NCCc2nccs2)c1. The molecule has 0 aromatic carbocycles. The first-order chi connectivity index (χ1) is 8.08. The lowest BCUT2D eigenvalue weighted by atomic mass is 10.5. The summed E-state index contributed by atoms with van der Waals surface area (Å²) < 4.78 is 26.4. The van der Waals surface area contributed by atoms with Crippen LogP contribution in [0.15, 0.2) is 27.2 Å². The molecule has 5 nitrogen and oxygen atoms in total. The van der Waals surface area contributed by atoms with Gasteiger partial charge in [-0.3, -0.25) is 0 Å². The number of anilines is 1. The number of rotatable bonds is 5. The monoisotopic (exact) mass is 289 g/mol. The Balaban J connectivity index is 1.94. The standard InChI is InChI=1S/C9H11N3O2S3/c10-7-5-9(16-6-7)17(13,14)12-2-1-8-11-3-4-15-8/h3-6,12H,1-2,10H2. The predicted octanol–water partition coefficient (Wildman–Crippen LogP) is 1.31. The number of thiophene rings is 1. The fourth-order valence-electron chi connectivity index (χ4n) is 1.21. The van der Waals surface area contributed by atoms with Crippen LogP contribution in [0.4, 0.5) is 5.69 Å². The summed E-state index contributed by atoms with van der Waals surface area (Å²) >= 11 is 2.63. The Hall–Kier alpha value is -0.960. The number of thiazole rings is 1. The fraction of sp³-hybridized carbons (Fsp3) is 0.222. The summed E-state index contributed by atoms with van der Waals surface area (Å²) in [5.41, 5.74) is 5.96. The lowest BCUT2D eigenvalue weighted by Gasteiger charge is -2.02. The minimum Gasteiger partial charge on any atom is -0.398 e. The first-order valence-electron chi connectivity index (χ1n) is 4.80. The molecule has 17 heavy (non-hydrogen) atoms. The van der Waals surface area contributed by atoms with Crippen LogP contribution >= 0.6 is 22.7 Å². The molecule has 8 heteroatoms. The van der Waals surface area contributed by atoms with Gasteiger partial charge in [-0.1, -0.05) is 0 Å². The van der Waals surface area contributed by atoms with Gasteiger partial charge in [-0.15, -0.1) is 22.7 Å². The van der Waals surface area contributed by atoms with Crippen LogP contribution in [-0.2, 0) is 16.4 Å². The Morgan fingerprint density at radius 3 is 2.82 bits per heavy atom. The summed E-state index contributed by atoms with van der Waals surface area (Å²) in [5, 5.41) is 4.39. The number of nitrogens with one attached hydrogen (secondary N) is 1. The third-order valence-corrected chi connectivity index (χ3v) is 5.73. The molecule has 0 radical (unpaired) electrons. The molecule has 3 N–H and O–H groups in total. The highest BCUT2D eigenvalue weighted by molar-refractivity contribution is 7.91. The van der Waals surface area contributed by atoms with Crippen LogP contribution in [0.3, 0.4) is 0 Å². The van der Waals surface area contributed by atoms with Gasteiger partial charge in [0.25, 0.3) is 0 Å². The van der Waals surface area contributed by atoms with Crippen LogP contribution in [0, 0.1) is 0 Å². The molecule has 0 saturated carbocycles. The largest absolute Gasteiger partial charge is 0.398 e. The summed E-state index contributed by atoms with van der Waals surface area (Å²) in [4.78, 5) is 4.08. The molecule has 0 amide bonds. The predicted molar refractivity (Wildman–Crippen MR) is 69.7 cm³/mol. The first kappa shape index (κ1) is 12.5. The number of hydrogen-bond acceptors (Lipinski definition) is 6. The topological polar surface area (TPSA) is 85.1 Å². The van der Waals surface area contributed by atoms with Gasteiger partial charge in [-0.05, 0) is 6.07 Å². The van der Waals surface area contributed by atoms with E-state index < -0.39 is 10.0 Å². The van der Waals surface area contributed by atoms with Gasteiger partial charge >= 0.3 is 0 Å². The van der Waals surface area contributed by atoms with Crippen LogP contribution < -0.4 is 10.5 Å². The van der Waals surface area contributed by atoms with Crippen molar-refractivity contribution in [2.24, 2.45) is 0 Å². The molecular weight excluding hydrogens is 278 g/mol. The fourth-order valence-corrected chi connectivity index (χ4v) is 3.99. The molecule has 0 atom stereocenters. The summed E-state index contributed by atoms with van der Waals surface area (Å²) in [5.74, 6) is 0. The van der Waals surface area contributed by atoms with Gasteiger partial charge in [0.1, 0.15) is 4.21 Å². The van der Waals surface area contributed by atoms with E-state index in [9.17, 15) is 8.42 Å². The Labute approximate surface area is 107 Å². The van der Waals surface area contributed by atoms with Crippen molar-refractivity contribution in [3.63, 3.8) is 0 Å². The summed E-state index contributed by atoms with van der Waals surface area (Å²) in [6.45, 7) is 0.341. The second kappa shape index (κ2) is 5.13. The van der Waals surface area contributed by atoms with Crippen molar-refractivity contribution in [2.75, 3.05) is 12.3 Å². The molecule has 2 heterocycles. The Kier molecular flexibility index (Phi) is 3.77.